The zero-order chi connectivity index (χ0) is 20.6. The van der Waals surface area contributed by atoms with E-state index in [4.69, 9.17) is 21.0 Å². The summed E-state index contributed by atoms with van der Waals surface area (Å²) >= 11 is 6.45. The lowest BCUT2D eigenvalue weighted by atomic mass is 10.2. The number of nitriles is 2. The number of nitrogens with one attached hydrogen (secondary N) is 1. The van der Waals surface area contributed by atoms with Gasteiger partial charge in [-0.25, -0.2) is 4.79 Å². The van der Waals surface area contributed by atoms with Crippen molar-refractivity contribution in [3.63, 3.8) is 0 Å². The Hall–Kier alpha value is -2.55. The average molecular weight is 494 g/mol. The molecular weight excluding hydrogens is 476 g/mol. The fourth-order valence-electron chi connectivity index (χ4n) is 1.74. The van der Waals surface area contributed by atoms with E-state index in [2.05, 4.69) is 37.2 Å². The van der Waals surface area contributed by atoms with E-state index in [1.165, 1.54) is 0 Å². The number of carbonyl (C=O) groups is 1. The van der Waals surface area contributed by atoms with Crippen molar-refractivity contribution in [2.24, 2.45) is 0 Å². The van der Waals surface area contributed by atoms with Crippen LogP contribution in [0.15, 0.2) is 45.3 Å². The zero-order valence-electron chi connectivity index (χ0n) is 15.0. The van der Waals surface area contributed by atoms with Crippen LogP contribution in [0.4, 0.5) is 16.2 Å². The first-order chi connectivity index (χ1) is 12.6. The van der Waals surface area contributed by atoms with Gasteiger partial charge in [0.25, 0.3) is 0 Å². The molecule has 2 aromatic rings. The monoisotopic (exact) mass is 492 g/mol. The highest BCUT2D eigenvalue weighted by atomic mass is 79.9. The summed E-state index contributed by atoms with van der Waals surface area (Å²) < 4.78 is 6.57. The van der Waals surface area contributed by atoms with Crippen molar-refractivity contribution in [3.05, 3.63) is 56.5 Å². The van der Waals surface area contributed by atoms with Gasteiger partial charge in [0.15, 0.2) is 0 Å². The van der Waals surface area contributed by atoms with Gasteiger partial charge >= 0.3 is 6.09 Å². The van der Waals surface area contributed by atoms with Gasteiger partial charge in [-0.2, -0.15) is 10.5 Å². The number of hydrogen-bond acceptors (Lipinski definition) is 5. The summed E-state index contributed by atoms with van der Waals surface area (Å²) in [4.78, 5) is 11.5. The number of nitrogens with zero attached hydrogens (tertiary/aromatic N) is 2. The smallest absolute Gasteiger partial charge is 0.412 e. The number of anilines is 2. The third-order valence-corrected chi connectivity index (χ3v) is 4.23. The molecule has 0 aliphatic rings. The minimum atomic E-state index is -0.544. The van der Waals surface area contributed by atoms with Gasteiger partial charge < -0.3 is 10.5 Å². The van der Waals surface area contributed by atoms with Crippen molar-refractivity contribution in [2.75, 3.05) is 11.1 Å². The molecule has 0 radical (unpaired) electrons. The van der Waals surface area contributed by atoms with Crippen LogP contribution in [0.2, 0.25) is 0 Å². The van der Waals surface area contributed by atoms with Crippen LogP contribution in [0.3, 0.4) is 0 Å². The van der Waals surface area contributed by atoms with Crippen molar-refractivity contribution in [1.82, 2.24) is 0 Å². The number of hydrogen-bond donors (Lipinski definition) is 2. The third kappa shape index (κ3) is 8.12. The second-order valence-corrected chi connectivity index (χ2v) is 7.99. The Bertz CT molecular complexity index is 909. The van der Waals surface area contributed by atoms with Crippen LogP contribution in [-0.2, 0) is 4.74 Å². The number of nitrogens with two attached hydrogens (primary N) is 1. The predicted molar refractivity (Wildman–Crippen MR) is 112 cm³/mol. The molecule has 0 aromatic heterocycles. The maximum absolute atomic E-state index is 11.5. The van der Waals surface area contributed by atoms with Crippen LogP contribution >= 0.6 is 31.9 Å². The molecular formula is C19H18Br2N4O2. The number of halogens is 2. The lowest BCUT2D eigenvalue weighted by Crippen LogP contribution is -2.27. The van der Waals surface area contributed by atoms with E-state index in [1.807, 2.05) is 12.1 Å². The van der Waals surface area contributed by atoms with Crippen molar-refractivity contribution in [3.8, 4) is 12.1 Å². The van der Waals surface area contributed by atoms with Crippen LogP contribution in [0.1, 0.15) is 31.9 Å². The molecule has 8 heteroatoms. The first-order valence-corrected chi connectivity index (χ1v) is 9.29. The minimum Gasteiger partial charge on any atom is -0.444 e. The third-order valence-electron chi connectivity index (χ3n) is 2.84. The molecule has 3 N–H and O–H groups in total. The quantitative estimate of drug-likeness (QED) is 0.504. The summed E-state index contributed by atoms with van der Waals surface area (Å²) in [7, 11) is 0. The molecule has 0 atom stereocenters. The molecule has 0 heterocycles. The highest BCUT2D eigenvalue weighted by Crippen LogP contribution is 2.21. The van der Waals surface area contributed by atoms with Crippen LogP contribution in [-0.4, -0.2) is 11.7 Å². The van der Waals surface area contributed by atoms with Gasteiger partial charge in [0.05, 0.1) is 11.1 Å². The Morgan fingerprint density at radius 1 is 1.04 bits per heavy atom. The molecule has 0 bridgehead atoms. The first kappa shape index (κ1) is 22.5. The second-order valence-electron chi connectivity index (χ2n) is 6.28. The molecule has 0 saturated carbocycles. The van der Waals surface area contributed by atoms with Crippen LogP contribution in [0, 0.1) is 22.7 Å². The Balaban J connectivity index is 0.000000309. The summed E-state index contributed by atoms with van der Waals surface area (Å²) in [6.45, 7) is 5.36. The van der Waals surface area contributed by atoms with Gasteiger partial charge in [-0.1, -0.05) is 0 Å². The summed E-state index contributed by atoms with van der Waals surface area (Å²) in [6.07, 6.45) is -0.538. The molecule has 1 amide bonds. The van der Waals surface area contributed by atoms with E-state index >= 15 is 0 Å². The van der Waals surface area contributed by atoms with Gasteiger partial charge in [0, 0.05) is 20.3 Å². The van der Waals surface area contributed by atoms with Crippen molar-refractivity contribution < 1.29 is 9.53 Å². The molecule has 2 rings (SSSR count). The highest BCUT2D eigenvalue weighted by Gasteiger charge is 2.16. The number of benzene rings is 2. The first-order valence-electron chi connectivity index (χ1n) is 7.70. The highest BCUT2D eigenvalue weighted by molar-refractivity contribution is 9.10. The number of ether oxygens (including phenoxy) is 1. The summed E-state index contributed by atoms with van der Waals surface area (Å²) in [5, 5.41) is 19.9. The van der Waals surface area contributed by atoms with Crippen molar-refractivity contribution >= 4 is 49.3 Å². The molecule has 0 aliphatic carbocycles. The lowest BCUT2D eigenvalue weighted by molar-refractivity contribution is 0.0636. The summed E-state index contributed by atoms with van der Waals surface area (Å²) in [5.74, 6) is 0. The Kier molecular flexibility index (Phi) is 8.30. The molecule has 2 aromatic carbocycles. The van der Waals surface area contributed by atoms with E-state index in [9.17, 15) is 4.79 Å². The SMILES string of the molecule is CC(C)(C)OC(=O)Nc1ccc(Br)c(C#N)c1.N#Cc1cc(N)ccc1Br. The molecule has 0 spiro atoms. The number of carbonyl (C=O) groups excluding carboxylic acids is 1. The fraction of sp³-hybridized carbons (Fsp3) is 0.211. The average Bonchev–Trinajstić information content (AvgIpc) is 2.57. The largest absolute Gasteiger partial charge is 0.444 e. The van der Waals surface area contributed by atoms with E-state index in [-0.39, 0.29) is 0 Å². The normalized spacial score (nSPS) is 9.89. The van der Waals surface area contributed by atoms with Gasteiger partial charge in [-0.05, 0) is 89.0 Å². The zero-order valence-corrected chi connectivity index (χ0v) is 18.2. The Morgan fingerprint density at radius 2 is 1.56 bits per heavy atom. The maximum atomic E-state index is 11.5. The maximum Gasteiger partial charge on any atom is 0.412 e. The molecule has 0 unspecified atom stereocenters. The van der Waals surface area contributed by atoms with Crippen LogP contribution in [0.5, 0.6) is 0 Å². The fourth-order valence-corrected chi connectivity index (χ4v) is 2.41. The van der Waals surface area contributed by atoms with E-state index in [1.54, 1.807) is 57.2 Å². The number of rotatable bonds is 1. The minimum absolute atomic E-state index is 0.457. The van der Waals surface area contributed by atoms with E-state index < -0.39 is 11.7 Å². The second kappa shape index (κ2) is 9.96. The van der Waals surface area contributed by atoms with Crippen molar-refractivity contribution in [2.45, 2.75) is 26.4 Å². The molecule has 0 aliphatic heterocycles. The molecule has 0 saturated heterocycles. The topological polar surface area (TPSA) is 112 Å². The van der Waals surface area contributed by atoms with Crippen LogP contribution < -0.4 is 11.1 Å². The molecule has 27 heavy (non-hydrogen) atoms. The van der Waals surface area contributed by atoms with E-state index in [0.717, 1.165) is 4.47 Å². The summed E-state index contributed by atoms with van der Waals surface area (Å²) in [6, 6.07) is 14.1. The molecule has 6 nitrogen and oxygen atoms in total. The van der Waals surface area contributed by atoms with Crippen LogP contribution in [0.25, 0.3) is 0 Å². The van der Waals surface area contributed by atoms with Gasteiger partial charge in [0.1, 0.15) is 17.7 Å². The Labute approximate surface area is 175 Å². The molecule has 0 fully saturated rings. The summed E-state index contributed by atoms with van der Waals surface area (Å²) in [5.41, 5.74) is 7.05. The van der Waals surface area contributed by atoms with Gasteiger partial charge in [-0.15, -0.1) is 0 Å². The molecule has 140 valence electrons. The predicted octanol–water partition coefficient (Wildman–Crippen LogP) is 5.57. The van der Waals surface area contributed by atoms with Crippen molar-refractivity contribution in [1.29, 1.82) is 10.5 Å². The number of amides is 1. The Morgan fingerprint density at radius 3 is 2.04 bits per heavy atom. The lowest BCUT2D eigenvalue weighted by Gasteiger charge is -2.19. The van der Waals surface area contributed by atoms with Gasteiger partial charge in [-0.3, -0.25) is 5.32 Å². The van der Waals surface area contributed by atoms with E-state index in [0.29, 0.717) is 27.0 Å². The standard InChI is InChI=1S/C12H13BrN2O2.C7H5BrN2/c1-12(2,3)17-11(16)15-9-4-5-10(13)8(6-9)7-14;8-7-2-1-6(10)3-5(7)4-9/h4-6H,1-3H3,(H,15,16);1-3H,10H2. The number of nitrogen functional groups attached to an aromatic ring is 1. The van der Waals surface area contributed by atoms with Gasteiger partial charge in [0.2, 0.25) is 0 Å².